The maximum absolute atomic E-state index is 13.8. The van der Waals surface area contributed by atoms with E-state index in [0.29, 0.717) is 6.42 Å². The minimum absolute atomic E-state index is 0.0444. The fraction of sp³-hybridized carbons (Fsp3) is 0.375. The molecule has 0 saturated carbocycles. The predicted molar refractivity (Wildman–Crippen MR) is 86.0 cm³/mol. The highest BCUT2D eigenvalue weighted by molar-refractivity contribution is 7.98. The third-order valence-electron chi connectivity index (χ3n) is 3.81. The lowest BCUT2D eigenvalue weighted by Crippen LogP contribution is -2.19. The van der Waals surface area contributed by atoms with Gasteiger partial charge in [0, 0.05) is 27.1 Å². The molecule has 0 saturated heterocycles. The minimum Gasteiger partial charge on any atom is -0.312 e. The molecule has 21 heavy (non-hydrogen) atoms. The molecule has 0 spiro atoms. The van der Waals surface area contributed by atoms with Crippen LogP contribution >= 0.6 is 23.1 Å². The number of hydrogen-bond acceptors (Lipinski definition) is 3. The van der Waals surface area contributed by atoms with Gasteiger partial charge in [-0.25, -0.2) is 8.78 Å². The monoisotopic (exact) mass is 325 g/mol. The normalized spacial score (nSPS) is 15.8. The van der Waals surface area contributed by atoms with Gasteiger partial charge in [0.25, 0.3) is 0 Å². The van der Waals surface area contributed by atoms with E-state index in [-0.39, 0.29) is 11.6 Å². The van der Waals surface area contributed by atoms with Crippen molar-refractivity contribution in [3.63, 3.8) is 0 Å². The van der Waals surface area contributed by atoms with Gasteiger partial charge in [-0.05, 0) is 49.4 Å². The Balaban J connectivity index is 1.87. The van der Waals surface area contributed by atoms with Gasteiger partial charge in [0.2, 0.25) is 0 Å². The molecule has 0 radical (unpaired) electrons. The van der Waals surface area contributed by atoms with Gasteiger partial charge < -0.3 is 5.32 Å². The van der Waals surface area contributed by atoms with E-state index in [1.165, 1.54) is 39.3 Å². The molecule has 112 valence electrons. The first-order valence-corrected chi connectivity index (χ1v) is 8.95. The molecule has 0 amide bonds. The van der Waals surface area contributed by atoms with Crippen molar-refractivity contribution in [2.75, 3.05) is 12.8 Å². The van der Waals surface area contributed by atoms with Crippen LogP contribution in [0.3, 0.4) is 0 Å². The smallest absolute Gasteiger partial charge is 0.129 e. The van der Waals surface area contributed by atoms with Crippen LogP contribution in [-0.4, -0.2) is 12.8 Å². The molecular formula is C16H17F2NS2. The van der Waals surface area contributed by atoms with Crippen LogP contribution in [0, 0.1) is 11.6 Å². The van der Waals surface area contributed by atoms with Crippen molar-refractivity contribution in [1.29, 1.82) is 0 Å². The molecule has 2 aromatic rings. The molecule has 5 heteroatoms. The highest BCUT2D eigenvalue weighted by Crippen LogP contribution is 2.35. The topological polar surface area (TPSA) is 12.0 Å². The van der Waals surface area contributed by atoms with Crippen LogP contribution in [0.1, 0.15) is 26.9 Å². The molecule has 0 aliphatic carbocycles. The Kier molecular flexibility index (Phi) is 4.62. The molecular weight excluding hydrogens is 308 g/mol. The summed E-state index contributed by atoms with van der Waals surface area (Å²) in [6.07, 6.45) is 1.44. The molecule has 0 fully saturated rings. The zero-order valence-electron chi connectivity index (χ0n) is 11.8. The molecule has 1 atom stereocenters. The molecule has 1 aliphatic heterocycles. The van der Waals surface area contributed by atoms with Crippen molar-refractivity contribution < 1.29 is 8.78 Å². The number of halogens is 2. The van der Waals surface area contributed by atoms with Crippen molar-refractivity contribution in [2.24, 2.45) is 0 Å². The van der Waals surface area contributed by atoms with Crippen LogP contribution in [0.15, 0.2) is 24.3 Å². The average Bonchev–Trinajstić information content (AvgIpc) is 2.90. The molecule has 1 nitrogen and oxygen atoms in total. The van der Waals surface area contributed by atoms with Crippen LogP contribution in [0.2, 0.25) is 0 Å². The van der Waals surface area contributed by atoms with Crippen molar-refractivity contribution in [3.05, 3.63) is 56.8 Å². The summed E-state index contributed by atoms with van der Waals surface area (Å²) >= 11 is 3.72. The van der Waals surface area contributed by atoms with Gasteiger partial charge in [-0.15, -0.1) is 11.3 Å². The van der Waals surface area contributed by atoms with Crippen molar-refractivity contribution in [1.82, 2.24) is 5.32 Å². The number of hydrogen-bond donors (Lipinski definition) is 1. The number of benzene rings is 1. The van der Waals surface area contributed by atoms with Gasteiger partial charge >= 0.3 is 0 Å². The highest BCUT2D eigenvalue weighted by Gasteiger charge is 2.21. The maximum Gasteiger partial charge on any atom is 0.129 e. The van der Waals surface area contributed by atoms with Crippen LogP contribution in [0.5, 0.6) is 0 Å². The van der Waals surface area contributed by atoms with E-state index in [4.69, 9.17) is 0 Å². The van der Waals surface area contributed by atoms with Crippen LogP contribution in [0.4, 0.5) is 8.78 Å². The second-order valence-corrected chi connectivity index (χ2v) is 7.42. The fourth-order valence-electron chi connectivity index (χ4n) is 2.62. The zero-order chi connectivity index (χ0) is 14.8. The SMILES string of the molecule is CNC(Cc1c(F)cccc1F)c1cc2c(s1)CCSC2. The second kappa shape index (κ2) is 6.46. The lowest BCUT2D eigenvalue weighted by atomic mass is 10.0. The molecule has 1 aromatic carbocycles. The zero-order valence-corrected chi connectivity index (χ0v) is 13.4. The van der Waals surface area contributed by atoms with E-state index in [9.17, 15) is 8.78 Å². The average molecular weight is 325 g/mol. The second-order valence-electron chi connectivity index (χ2n) is 5.15. The summed E-state index contributed by atoms with van der Waals surface area (Å²) in [5.41, 5.74) is 1.55. The molecule has 3 rings (SSSR count). The van der Waals surface area contributed by atoms with E-state index < -0.39 is 11.6 Å². The summed E-state index contributed by atoms with van der Waals surface area (Å²) in [6.45, 7) is 0. The molecule has 1 unspecified atom stereocenters. The molecule has 1 N–H and O–H groups in total. The van der Waals surface area contributed by atoms with Crippen LogP contribution < -0.4 is 5.32 Å². The van der Waals surface area contributed by atoms with Gasteiger partial charge in [-0.3, -0.25) is 0 Å². The Labute approximate surface area is 131 Å². The molecule has 1 aliphatic rings. The van der Waals surface area contributed by atoms with E-state index >= 15 is 0 Å². The Bertz CT molecular complexity index is 595. The third kappa shape index (κ3) is 3.15. The molecule has 2 heterocycles. The summed E-state index contributed by atoms with van der Waals surface area (Å²) in [5.74, 6) is 1.29. The first kappa shape index (κ1) is 15.0. The van der Waals surface area contributed by atoms with Crippen molar-refractivity contribution in [2.45, 2.75) is 24.6 Å². The van der Waals surface area contributed by atoms with Crippen molar-refractivity contribution in [3.8, 4) is 0 Å². The maximum atomic E-state index is 13.8. The number of likely N-dealkylation sites (N-methyl/N-ethyl adjacent to an activating group) is 1. The first-order valence-electron chi connectivity index (χ1n) is 6.98. The summed E-state index contributed by atoms with van der Waals surface area (Å²) in [7, 11) is 1.84. The number of nitrogens with one attached hydrogen (secondary N) is 1. The van der Waals surface area contributed by atoms with Gasteiger partial charge in [-0.1, -0.05) is 6.07 Å². The molecule has 1 aromatic heterocycles. The summed E-state index contributed by atoms with van der Waals surface area (Å²) < 4.78 is 27.6. The standard InChI is InChI=1S/C16H17F2NS2/c1-19-14(8-11-12(17)3-2-4-13(11)18)16-7-10-9-20-6-5-15(10)21-16/h2-4,7,14,19H,5-6,8-9H2,1H3. The minimum atomic E-state index is -0.466. The van der Waals surface area contributed by atoms with Gasteiger partial charge in [0.1, 0.15) is 11.6 Å². The Morgan fingerprint density at radius 3 is 2.71 bits per heavy atom. The van der Waals surface area contributed by atoms with Gasteiger partial charge in [0.15, 0.2) is 0 Å². The number of aryl methyl sites for hydroxylation is 1. The van der Waals surface area contributed by atoms with E-state index in [1.807, 2.05) is 18.8 Å². The van der Waals surface area contributed by atoms with Gasteiger partial charge in [-0.2, -0.15) is 11.8 Å². The lowest BCUT2D eigenvalue weighted by Gasteiger charge is -2.15. The lowest BCUT2D eigenvalue weighted by molar-refractivity contribution is 0.518. The first-order chi connectivity index (χ1) is 10.2. The van der Waals surface area contributed by atoms with Gasteiger partial charge in [0.05, 0.1) is 0 Å². The Hall–Kier alpha value is -0.910. The quantitative estimate of drug-likeness (QED) is 0.898. The van der Waals surface area contributed by atoms with Crippen molar-refractivity contribution >= 4 is 23.1 Å². The largest absolute Gasteiger partial charge is 0.312 e. The Morgan fingerprint density at radius 1 is 1.29 bits per heavy atom. The van der Waals surface area contributed by atoms with Crippen LogP contribution in [0.25, 0.3) is 0 Å². The van der Waals surface area contributed by atoms with Crippen LogP contribution in [-0.2, 0) is 18.6 Å². The Morgan fingerprint density at radius 2 is 2.05 bits per heavy atom. The predicted octanol–water partition coefficient (Wildman–Crippen LogP) is 4.32. The number of thiophene rings is 1. The van der Waals surface area contributed by atoms with E-state index in [1.54, 1.807) is 11.3 Å². The van der Waals surface area contributed by atoms with E-state index in [0.717, 1.165) is 12.2 Å². The summed E-state index contributed by atoms with van der Waals surface area (Å²) in [5, 5.41) is 3.20. The highest BCUT2D eigenvalue weighted by atomic mass is 32.2. The third-order valence-corrected chi connectivity index (χ3v) is 6.17. The summed E-state index contributed by atoms with van der Waals surface area (Å²) in [6, 6.07) is 6.20. The molecule has 0 bridgehead atoms. The number of fused-ring (bicyclic) bond motifs is 1. The fourth-order valence-corrected chi connectivity index (χ4v) is 5.10. The summed E-state index contributed by atoms with van der Waals surface area (Å²) in [4.78, 5) is 2.60. The number of rotatable bonds is 4. The number of thioether (sulfide) groups is 1. The van der Waals surface area contributed by atoms with E-state index in [2.05, 4.69) is 11.4 Å².